The number of carbonyl (C=O) groups is 1. The van der Waals surface area contributed by atoms with E-state index in [1.54, 1.807) is 6.92 Å². The van der Waals surface area contributed by atoms with Gasteiger partial charge in [-0.05, 0) is 25.5 Å². The lowest BCUT2D eigenvalue weighted by Crippen LogP contribution is -2.36. The molecule has 1 aliphatic rings. The van der Waals surface area contributed by atoms with Gasteiger partial charge >= 0.3 is 5.97 Å². The molecule has 0 spiro atoms. The second-order valence-corrected chi connectivity index (χ2v) is 7.34. The zero-order chi connectivity index (χ0) is 15.0. The maximum absolute atomic E-state index is 11.6. The molecule has 1 saturated heterocycles. The third-order valence-corrected chi connectivity index (χ3v) is 5.15. The second-order valence-electron chi connectivity index (χ2n) is 5.15. The summed E-state index contributed by atoms with van der Waals surface area (Å²) in [5.41, 5.74) is 5.65. The first-order chi connectivity index (χ1) is 9.25. The van der Waals surface area contributed by atoms with Gasteiger partial charge in [0.2, 0.25) is 0 Å². The van der Waals surface area contributed by atoms with Crippen LogP contribution in [0.3, 0.4) is 0 Å². The Balaban J connectivity index is 2.27. The van der Waals surface area contributed by atoms with Crippen LogP contribution in [0.4, 0.5) is 11.5 Å². The van der Waals surface area contributed by atoms with Gasteiger partial charge in [-0.2, -0.15) is 0 Å². The van der Waals surface area contributed by atoms with Crippen LogP contribution in [-0.2, 0) is 14.6 Å². The summed E-state index contributed by atoms with van der Waals surface area (Å²) in [4.78, 5) is 15.5. The molecule has 7 nitrogen and oxygen atoms in total. The molecule has 0 radical (unpaired) electrons. The molecule has 20 heavy (non-hydrogen) atoms. The summed E-state index contributed by atoms with van der Waals surface area (Å²) in [5.74, 6) is -0.124. The van der Waals surface area contributed by atoms with Crippen LogP contribution in [0.5, 0.6) is 0 Å². The summed E-state index contributed by atoms with van der Waals surface area (Å²) >= 11 is 0. The Morgan fingerprint density at radius 2 is 2.20 bits per heavy atom. The lowest BCUT2D eigenvalue weighted by molar-refractivity contribution is 0.0594. The number of nitrogens with one attached hydrogen (secondary N) is 1. The Morgan fingerprint density at radius 1 is 1.50 bits per heavy atom. The van der Waals surface area contributed by atoms with Gasteiger partial charge in [-0.1, -0.05) is 0 Å². The number of rotatable bonds is 3. The van der Waals surface area contributed by atoms with Gasteiger partial charge in [0, 0.05) is 0 Å². The second kappa shape index (κ2) is 4.93. The van der Waals surface area contributed by atoms with Crippen molar-refractivity contribution < 1.29 is 17.9 Å². The summed E-state index contributed by atoms with van der Waals surface area (Å²) in [7, 11) is -1.78. The number of carbonyl (C=O) groups excluding carboxylic acids is 1. The third-order valence-electron chi connectivity index (χ3n) is 3.24. The minimum absolute atomic E-state index is 0.0174. The fraction of sp³-hybridized carbons (Fsp3) is 0.500. The molecule has 0 amide bonds. The minimum Gasteiger partial charge on any atom is -0.464 e. The van der Waals surface area contributed by atoms with Crippen LogP contribution in [0, 0.1) is 0 Å². The van der Waals surface area contributed by atoms with E-state index in [1.807, 2.05) is 0 Å². The summed E-state index contributed by atoms with van der Waals surface area (Å²) in [6.45, 7) is 1.80. The average Bonchev–Trinajstić information content (AvgIpc) is 2.65. The fourth-order valence-electron chi connectivity index (χ4n) is 2.18. The summed E-state index contributed by atoms with van der Waals surface area (Å²) in [6, 6.07) is 2.99. The molecule has 1 unspecified atom stereocenters. The van der Waals surface area contributed by atoms with Crippen LogP contribution < -0.4 is 11.1 Å². The van der Waals surface area contributed by atoms with Gasteiger partial charge in [-0.15, -0.1) is 0 Å². The van der Waals surface area contributed by atoms with Crippen molar-refractivity contribution >= 4 is 27.3 Å². The number of hydrogen-bond donors (Lipinski definition) is 2. The molecule has 0 bridgehead atoms. The largest absolute Gasteiger partial charge is 0.464 e. The SMILES string of the molecule is COC(=O)c1ccc(N)c(NC2(C)CCS(=O)(=O)C2)n1. The zero-order valence-electron chi connectivity index (χ0n) is 11.3. The number of nitrogens with zero attached hydrogens (tertiary/aromatic N) is 1. The molecule has 3 N–H and O–H groups in total. The number of nitrogen functional groups attached to an aromatic ring is 1. The molecule has 1 aliphatic heterocycles. The predicted molar refractivity (Wildman–Crippen MR) is 75.3 cm³/mol. The molecule has 110 valence electrons. The first-order valence-corrected chi connectivity index (χ1v) is 7.90. The highest BCUT2D eigenvalue weighted by Crippen LogP contribution is 2.29. The Labute approximate surface area is 117 Å². The number of ether oxygens (including phenoxy) is 1. The number of anilines is 2. The van der Waals surface area contributed by atoms with Crippen molar-refractivity contribution in [3.63, 3.8) is 0 Å². The van der Waals surface area contributed by atoms with Gasteiger partial charge in [0.05, 0.1) is 29.8 Å². The number of esters is 1. The molecule has 1 atom stereocenters. The molecular weight excluding hydrogens is 282 g/mol. The normalized spacial score (nSPS) is 24.3. The molecule has 8 heteroatoms. The minimum atomic E-state index is -3.04. The van der Waals surface area contributed by atoms with E-state index in [2.05, 4.69) is 15.0 Å². The first kappa shape index (κ1) is 14.6. The Kier molecular flexibility index (Phi) is 3.59. The highest BCUT2D eigenvalue weighted by molar-refractivity contribution is 7.91. The third kappa shape index (κ3) is 3.01. The van der Waals surface area contributed by atoms with E-state index < -0.39 is 21.3 Å². The van der Waals surface area contributed by atoms with E-state index in [0.29, 0.717) is 17.9 Å². The Morgan fingerprint density at radius 3 is 2.75 bits per heavy atom. The summed E-state index contributed by atoms with van der Waals surface area (Å²) in [6.07, 6.45) is 0.471. The van der Waals surface area contributed by atoms with Gasteiger partial charge in [-0.25, -0.2) is 18.2 Å². The van der Waals surface area contributed by atoms with E-state index in [4.69, 9.17) is 5.73 Å². The van der Waals surface area contributed by atoms with Crippen molar-refractivity contribution in [3.8, 4) is 0 Å². The van der Waals surface area contributed by atoms with Gasteiger partial charge in [0.25, 0.3) is 0 Å². The first-order valence-electron chi connectivity index (χ1n) is 6.08. The number of sulfone groups is 1. The molecule has 1 fully saturated rings. The van der Waals surface area contributed by atoms with Crippen molar-refractivity contribution in [1.82, 2.24) is 4.98 Å². The van der Waals surface area contributed by atoms with Gasteiger partial charge in [-0.3, -0.25) is 0 Å². The predicted octanol–water partition coefficient (Wildman–Crippen LogP) is 0.439. The smallest absolute Gasteiger partial charge is 0.356 e. The molecule has 0 aromatic carbocycles. The highest BCUT2D eigenvalue weighted by Gasteiger charge is 2.38. The Hall–Kier alpha value is -1.83. The fourth-order valence-corrected chi connectivity index (χ4v) is 4.28. The average molecular weight is 299 g/mol. The lowest BCUT2D eigenvalue weighted by Gasteiger charge is -2.25. The quantitative estimate of drug-likeness (QED) is 0.779. The molecule has 1 aromatic rings. The monoisotopic (exact) mass is 299 g/mol. The van der Waals surface area contributed by atoms with Gasteiger partial charge in [0.1, 0.15) is 0 Å². The topological polar surface area (TPSA) is 111 Å². The number of aromatic nitrogens is 1. The van der Waals surface area contributed by atoms with Crippen LogP contribution in [0.1, 0.15) is 23.8 Å². The molecule has 2 heterocycles. The maximum atomic E-state index is 11.6. The van der Waals surface area contributed by atoms with Crippen LogP contribution >= 0.6 is 0 Å². The molecule has 0 aliphatic carbocycles. The van der Waals surface area contributed by atoms with Crippen molar-refractivity contribution in [2.75, 3.05) is 29.7 Å². The van der Waals surface area contributed by atoms with Crippen molar-refractivity contribution in [2.45, 2.75) is 18.9 Å². The molecule has 1 aromatic heterocycles. The standard InChI is InChI=1S/C12H17N3O4S/c1-12(5-6-20(17,18)7-12)15-10-8(13)3-4-9(14-10)11(16)19-2/h3-4H,5-7,13H2,1-2H3,(H,14,15). The molecule has 0 saturated carbocycles. The van der Waals surface area contributed by atoms with E-state index in [0.717, 1.165) is 0 Å². The van der Waals surface area contributed by atoms with E-state index in [-0.39, 0.29) is 17.2 Å². The number of pyridine rings is 1. The van der Waals surface area contributed by atoms with Gasteiger partial charge in [0.15, 0.2) is 21.3 Å². The number of methoxy groups -OCH3 is 1. The van der Waals surface area contributed by atoms with Crippen LogP contribution in [0.15, 0.2) is 12.1 Å². The van der Waals surface area contributed by atoms with Crippen molar-refractivity contribution in [3.05, 3.63) is 17.8 Å². The highest BCUT2D eigenvalue weighted by atomic mass is 32.2. The number of nitrogens with two attached hydrogens (primary N) is 1. The summed E-state index contributed by atoms with van der Waals surface area (Å²) in [5, 5.41) is 3.04. The van der Waals surface area contributed by atoms with Crippen LogP contribution in [-0.4, -0.2) is 43.5 Å². The van der Waals surface area contributed by atoms with E-state index in [1.165, 1.54) is 19.2 Å². The number of hydrogen-bond acceptors (Lipinski definition) is 7. The molecular formula is C12H17N3O4S. The maximum Gasteiger partial charge on any atom is 0.356 e. The van der Waals surface area contributed by atoms with Gasteiger partial charge < -0.3 is 15.8 Å². The Bertz CT molecular complexity index is 644. The van der Waals surface area contributed by atoms with E-state index in [9.17, 15) is 13.2 Å². The lowest BCUT2D eigenvalue weighted by atomic mass is 10.0. The van der Waals surface area contributed by atoms with Crippen molar-refractivity contribution in [1.29, 1.82) is 0 Å². The van der Waals surface area contributed by atoms with Crippen LogP contribution in [0.25, 0.3) is 0 Å². The zero-order valence-corrected chi connectivity index (χ0v) is 12.2. The van der Waals surface area contributed by atoms with Crippen LogP contribution in [0.2, 0.25) is 0 Å². The van der Waals surface area contributed by atoms with Crippen molar-refractivity contribution in [2.24, 2.45) is 0 Å². The summed E-state index contributed by atoms with van der Waals surface area (Å²) < 4.78 is 27.7. The van der Waals surface area contributed by atoms with E-state index >= 15 is 0 Å². The molecule has 2 rings (SSSR count).